The van der Waals surface area contributed by atoms with E-state index in [1.165, 1.54) is 0 Å². The number of aryl methyl sites for hydroxylation is 3. The lowest BCUT2D eigenvalue weighted by molar-refractivity contribution is -0.134. The van der Waals surface area contributed by atoms with E-state index >= 15 is 0 Å². The molecule has 0 radical (unpaired) electrons. The van der Waals surface area contributed by atoms with Gasteiger partial charge in [0.05, 0.1) is 12.2 Å². The van der Waals surface area contributed by atoms with Crippen molar-refractivity contribution < 1.29 is 9.21 Å². The zero-order valence-corrected chi connectivity index (χ0v) is 18.5. The summed E-state index contributed by atoms with van der Waals surface area (Å²) < 4.78 is 7.73. The maximum atomic E-state index is 13.3. The van der Waals surface area contributed by atoms with Crippen molar-refractivity contribution in [2.24, 2.45) is 0 Å². The molecule has 4 heterocycles. The molecular formula is C24H29N5O2. The van der Waals surface area contributed by atoms with Gasteiger partial charge in [-0.1, -0.05) is 19.8 Å². The molecule has 162 valence electrons. The van der Waals surface area contributed by atoms with Crippen molar-refractivity contribution in [1.29, 1.82) is 5.26 Å². The number of nitrogens with zero attached hydrogens (tertiary/aromatic N) is 5. The number of fused-ring (bicyclic) bond motifs is 1. The summed E-state index contributed by atoms with van der Waals surface area (Å²) in [5, 5.41) is 13.6. The van der Waals surface area contributed by atoms with E-state index in [0.29, 0.717) is 24.1 Å². The molecule has 0 spiro atoms. The molecule has 1 aliphatic heterocycles. The predicted octanol–water partition coefficient (Wildman–Crippen LogP) is 4.45. The second kappa shape index (κ2) is 8.93. The van der Waals surface area contributed by atoms with Crippen molar-refractivity contribution in [2.75, 3.05) is 6.54 Å². The van der Waals surface area contributed by atoms with Crippen LogP contribution in [0.5, 0.6) is 0 Å². The number of aromatic nitrogens is 3. The number of nitriles is 1. The molecule has 0 bridgehead atoms. The highest BCUT2D eigenvalue weighted by Crippen LogP contribution is 2.32. The first-order chi connectivity index (χ1) is 15.0. The Morgan fingerprint density at radius 1 is 1.29 bits per heavy atom. The van der Waals surface area contributed by atoms with Crippen molar-refractivity contribution in [3.63, 3.8) is 0 Å². The molecule has 7 heteroatoms. The van der Waals surface area contributed by atoms with Crippen LogP contribution in [0.4, 0.5) is 0 Å². The zero-order chi connectivity index (χ0) is 22.0. The van der Waals surface area contributed by atoms with Gasteiger partial charge in [-0.15, -0.1) is 0 Å². The van der Waals surface area contributed by atoms with Crippen LogP contribution in [0.15, 0.2) is 22.7 Å². The molecule has 7 nitrogen and oxygen atoms in total. The number of amides is 1. The first-order valence-corrected chi connectivity index (χ1v) is 11.2. The van der Waals surface area contributed by atoms with Crippen LogP contribution in [-0.4, -0.2) is 31.9 Å². The number of carbonyl (C=O) groups is 1. The molecule has 1 amide bonds. The quantitative estimate of drug-likeness (QED) is 0.610. The Morgan fingerprint density at radius 2 is 2.13 bits per heavy atom. The lowest BCUT2D eigenvalue weighted by Gasteiger charge is -2.29. The smallest absolute Gasteiger partial charge is 0.223 e. The molecule has 1 saturated heterocycles. The van der Waals surface area contributed by atoms with Gasteiger partial charge in [0.2, 0.25) is 5.91 Å². The molecule has 1 unspecified atom stereocenters. The summed E-state index contributed by atoms with van der Waals surface area (Å²) in [7, 11) is 0. The molecule has 4 rings (SSSR count). The van der Waals surface area contributed by atoms with Gasteiger partial charge in [-0.2, -0.15) is 10.4 Å². The summed E-state index contributed by atoms with van der Waals surface area (Å²) in [4.78, 5) is 19.9. The lowest BCUT2D eigenvalue weighted by atomic mass is 10.0. The van der Waals surface area contributed by atoms with Gasteiger partial charge < -0.3 is 9.32 Å². The molecule has 0 N–H and O–H groups in total. The Bertz CT molecular complexity index is 1140. The van der Waals surface area contributed by atoms with Crippen LogP contribution in [-0.2, 0) is 17.6 Å². The molecule has 1 aliphatic rings. The van der Waals surface area contributed by atoms with Crippen LogP contribution in [0.3, 0.4) is 0 Å². The topological polar surface area (TPSA) is 87.4 Å². The SMILES string of the molecule is CCc1ccc(C2CCCCCN2C(=O)CCc2c(C)nc3c(C#N)cnn3c2C)o1. The molecule has 31 heavy (non-hydrogen) atoms. The summed E-state index contributed by atoms with van der Waals surface area (Å²) in [6, 6.07) is 6.21. The van der Waals surface area contributed by atoms with Crippen LogP contribution >= 0.6 is 0 Å². The minimum absolute atomic E-state index is 0.0161. The third-order valence-corrected chi connectivity index (χ3v) is 6.35. The van der Waals surface area contributed by atoms with Gasteiger partial charge in [-0.05, 0) is 50.8 Å². The Hall–Kier alpha value is -3.14. The predicted molar refractivity (Wildman–Crippen MR) is 117 cm³/mol. The van der Waals surface area contributed by atoms with E-state index in [4.69, 9.17) is 4.42 Å². The average molecular weight is 420 g/mol. The molecule has 0 saturated carbocycles. The number of hydrogen-bond donors (Lipinski definition) is 0. The monoisotopic (exact) mass is 419 g/mol. The van der Waals surface area contributed by atoms with Gasteiger partial charge >= 0.3 is 0 Å². The van der Waals surface area contributed by atoms with Crippen LogP contribution < -0.4 is 0 Å². The second-order valence-corrected chi connectivity index (χ2v) is 8.28. The highest BCUT2D eigenvalue weighted by atomic mass is 16.3. The second-order valence-electron chi connectivity index (χ2n) is 8.28. The van der Waals surface area contributed by atoms with Crippen LogP contribution in [0, 0.1) is 25.2 Å². The maximum Gasteiger partial charge on any atom is 0.223 e. The van der Waals surface area contributed by atoms with Gasteiger partial charge in [-0.25, -0.2) is 9.50 Å². The van der Waals surface area contributed by atoms with E-state index in [1.54, 1.807) is 10.7 Å². The fourth-order valence-corrected chi connectivity index (χ4v) is 4.59. The van der Waals surface area contributed by atoms with E-state index in [1.807, 2.05) is 30.9 Å². The number of furan rings is 1. The minimum Gasteiger partial charge on any atom is -0.464 e. The number of rotatable bonds is 5. The number of carbonyl (C=O) groups excluding carboxylic acids is 1. The lowest BCUT2D eigenvalue weighted by Crippen LogP contribution is -2.35. The Balaban J connectivity index is 1.55. The van der Waals surface area contributed by atoms with Crippen molar-refractivity contribution in [3.05, 3.63) is 52.4 Å². The Labute approximate surface area is 182 Å². The number of likely N-dealkylation sites (tertiary alicyclic amines) is 1. The molecule has 3 aromatic rings. The van der Waals surface area contributed by atoms with E-state index in [2.05, 4.69) is 23.1 Å². The van der Waals surface area contributed by atoms with Crippen LogP contribution in [0.2, 0.25) is 0 Å². The molecular weight excluding hydrogens is 390 g/mol. The maximum absolute atomic E-state index is 13.3. The molecule has 3 aromatic heterocycles. The average Bonchev–Trinajstić information content (AvgIpc) is 3.33. The fourth-order valence-electron chi connectivity index (χ4n) is 4.59. The van der Waals surface area contributed by atoms with E-state index in [0.717, 1.165) is 67.1 Å². The first-order valence-electron chi connectivity index (χ1n) is 11.2. The third kappa shape index (κ3) is 4.07. The molecule has 1 fully saturated rings. The van der Waals surface area contributed by atoms with Crippen molar-refractivity contribution in [2.45, 2.75) is 71.8 Å². The van der Waals surface area contributed by atoms with Crippen molar-refractivity contribution >= 4 is 11.6 Å². The first kappa shape index (κ1) is 21.1. The third-order valence-electron chi connectivity index (χ3n) is 6.35. The zero-order valence-electron chi connectivity index (χ0n) is 18.5. The van der Waals surface area contributed by atoms with Crippen molar-refractivity contribution in [1.82, 2.24) is 19.5 Å². The van der Waals surface area contributed by atoms with E-state index in [9.17, 15) is 10.1 Å². The Kier molecular flexibility index (Phi) is 6.08. The van der Waals surface area contributed by atoms with Crippen LogP contribution in [0.1, 0.15) is 79.1 Å². The van der Waals surface area contributed by atoms with Gasteiger partial charge in [0.1, 0.15) is 23.2 Å². The summed E-state index contributed by atoms with van der Waals surface area (Å²) >= 11 is 0. The van der Waals surface area contributed by atoms with Gasteiger partial charge in [-0.3, -0.25) is 4.79 Å². The normalized spacial score (nSPS) is 17.0. The highest BCUT2D eigenvalue weighted by molar-refractivity contribution is 5.77. The van der Waals surface area contributed by atoms with Gasteiger partial charge in [0.15, 0.2) is 5.65 Å². The van der Waals surface area contributed by atoms with Gasteiger partial charge in [0, 0.05) is 30.8 Å². The highest BCUT2D eigenvalue weighted by Gasteiger charge is 2.29. The summed E-state index contributed by atoms with van der Waals surface area (Å²) in [6.07, 6.45) is 7.63. The standard InChI is InChI=1S/C24H29N5O2/c1-4-19-9-11-22(31-19)21-8-6-5-7-13-28(21)23(30)12-10-20-16(2)27-24-18(14-25)15-26-29(24)17(20)3/h9,11,15,21H,4-8,10,12-13H2,1-3H3. The molecule has 0 aromatic carbocycles. The van der Waals surface area contributed by atoms with Crippen molar-refractivity contribution in [3.8, 4) is 6.07 Å². The largest absolute Gasteiger partial charge is 0.464 e. The molecule has 0 aliphatic carbocycles. The Morgan fingerprint density at radius 3 is 2.87 bits per heavy atom. The fraction of sp³-hybridized carbons (Fsp3) is 0.500. The summed E-state index contributed by atoms with van der Waals surface area (Å²) in [6.45, 7) is 6.75. The summed E-state index contributed by atoms with van der Waals surface area (Å²) in [5.74, 6) is 2.02. The van der Waals surface area contributed by atoms with Crippen LogP contribution in [0.25, 0.3) is 5.65 Å². The van der Waals surface area contributed by atoms with E-state index < -0.39 is 0 Å². The molecule has 1 atom stereocenters. The summed E-state index contributed by atoms with van der Waals surface area (Å²) in [5.41, 5.74) is 3.84. The minimum atomic E-state index is 0.0161. The number of hydrogen-bond acceptors (Lipinski definition) is 5. The van der Waals surface area contributed by atoms with E-state index in [-0.39, 0.29) is 11.9 Å². The van der Waals surface area contributed by atoms with Gasteiger partial charge in [0.25, 0.3) is 0 Å².